The Kier molecular flexibility index (Phi) is 4.71. The second kappa shape index (κ2) is 5.62. The number of benzene rings is 1. The number of ether oxygens (including phenoxy) is 1. The van der Waals surface area contributed by atoms with Crippen molar-refractivity contribution in [3.63, 3.8) is 0 Å². The van der Waals surface area contributed by atoms with E-state index in [2.05, 4.69) is 5.32 Å². The van der Waals surface area contributed by atoms with Gasteiger partial charge in [0.2, 0.25) is 0 Å². The number of amides is 1. The van der Waals surface area contributed by atoms with Crippen molar-refractivity contribution in [2.75, 3.05) is 0 Å². The van der Waals surface area contributed by atoms with E-state index >= 15 is 0 Å². The van der Waals surface area contributed by atoms with Crippen molar-refractivity contribution in [2.45, 2.75) is 19.9 Å². The van der Waals surface area contributed by atoms with Crippen LogP contribution in [0.1, 0.15) is 13.8 Å². The minimum absolute atomic E-state index is 0.00857. The highest BCUT2D eigenvalue weighted by Crippen LogP contribution is 2.34. The first-order chi connectivity index (χ1) is 7.40. The number of rotatable bonds is 2. The van der Waals surface area contributed by atoms with E-state index in [4.69, 9.17) is 39.5 Å². The minimum atomic E-state index is -0.565. The predicted octanol–water partition coefficient (Wildman–Crippen LogP) is 4.14. The van der Waals surface area contributed by atoms with E-state index in [0.717, 1.165) is 0 Å². The molecule has 0 unspecified atom stereocenters. The molecule has 88 valence electrons. The quantitative estimate of drug-likeness (QED) is 0.828. The SMILES string of the molecule is CC(C)NC(=O)Oc1cc(Cl)c(Cl)c(Cl)c1. The van der Waals surface area contributed by atoms with E-state index in [0.29, 0.717) is 0 Å². The van der Waals surface area contributed by atoms with Crippen molar-refractivity contribution in [3.8, 4) is 5.75 Å². The molecule has 3 nitrogen and oxygen atoms in total. The van der Waals surface area contributed by atoms with Gasteiger partial charge in [-0.2, -0.15) is 0 Å². The first-order valence-corrected chi connectivity index (χ1v) is 5.66. The predicted molar refractivity (Wildman–Crippen MR) is 65.8 cm³/mol. The smallest absolute Gasteiger partial charge is 0.410 e. The van der Waals surface area contributed by atoms with Gasteiger partial charge in [0.25, 0.3) is 0 Å². The van der Waals surface area contributed by atoms with Crippen LogP contribution >= 0.6 is 34.8 Å². The summed E-state index contributed by atoms with van der Waals surface area (Å²) in [5.74, 6) is 0.248. The molecule has 0 radical (unpaired) electrons. The van der Waals surface area contributed by atoms with Gasteiger partial charge in [-0.1, -0.05) is 34.8 Å². The van der Waals surface area contributed by atoms with Gasteiger partial charge >= 0.3 is 6.09 Å². The summed E-state index contributed by atoms with van der Waals surface area (Å²) in [5.41, 5.74) is 0. The van der Waals surface area contributed by atoms with E-state index in [-0.39, 0.29) is 26.9 Å². The maximum Gasteiger partial charge on any atom is 0.412 e. The molecule has 0 saturated carbocycles. The molecule has 1 aromatic carbocycles. The third-order valence-corrected chi connectivity index (χ3v) is 2.77. The molecule has 0 aliphatic heterocycles. The molecule has 0 aliphatic rings. The van der Waals surface area contributed by atoms with Gasteiger partial charge in [-0.3, -0.25) is 0 Å². The van der Waals surface area contributed by atoms with Gasteiger partial charge in [-0.15, -0.1) is 0 Å². The lowest BCUT2D eigenvalue weighted by atomic mass is 10.3. The van der Waals surface area contributed by atoms with E-state index in [1.165, 1.54) is 12.1 Å². The van der Waals surface area contributed by atoms with Gasteiger partial charge in [-0.05, 0) is 13.8 Å². The molecule has 0 fully saturated rings. The first-order valence-electron chi connectivity index (χ1n) is 4.53. The maximum absolute atomic E-state index is 11.3. The second-order valence-corrected chi connectivity index (χ2v) is 4.58. The Labute approximate surface area is 109 Å². The Morgan fingerprint density at radius 3 is 2.19 bits per heavy atom. The number of hydrogen-bond donors (Lipinski definition) is 1. The summed E-state index contributed by atoms with van der Waals surface area (Å²) in [6, 6.07) is 2.84. The zero-order chi connectivity index (χ0) is 12.3. The number of carbonyl (C=O) groups is 1. The monoisotopic (exact) mass is 281 g/mol. The number of nitrogens with one attached hydrogen (secondary N) is 1. The second-order valence-electron chi connectivity index (χ2n) is 3.39. The lowest BCUT2D eigenvalue weighted by molar-refractivity contribution is 0.198. The van der Waals surface area contributed by atoms with Crippen LogP contribution in [0.3, 0.4) is 0 Å². The van der Waals surface area contributed by atoms with Crippen LogP contribution < -0.4 is 10.1 Å². The fourth-order valence-corrected chi connectivity index (χ4v) is 1.54. The van der Waals surface area contributed by atoms with Crippen LogP contribution in [0.15, 0.2) is 12.1 Å². The Morgan fingerprint density at radius 2 is 1.75 bits per heavy atom. The number of halogens is 3. The molecular weight excluding hydrogens is 272 g/mol. The third-order valence-electron chi connectivity index (χ3n) is 1.57. The molecule has 16 heavy (non-hydrogen) atoms. The molecule has 0 saturated heterocycles. The summed E-state index contributed by atoms with van der Waals surface area (Å²) < 4.78 is 4.96. The van der Waals surface area contributed by atoms with E-state index in [1.54, 1.807) is 0 Å². The molecule has 0 bridgehead atoms. The number of carbonyl (C=O) groups excluding carboxylic acids is 1. The molecule has 0 spiro atoms. The van der Waals surface area contributed by atoms with Crippen LogP contribution in [-0.4, -0.2) is 12.1 Å². The molecule has 0 aliphatic carbocycles. The van der Waals surface area contributed by atoms with Crippen molar-refractivity contribution in [3.05, 3.63) is 27.2 Å². The van der Waals surface area contributed by atoms with E-state index in [1.807, 2.05) is 13.8 Å². The summed E-state index contributed by atoms with van der Waals surface area (Å²) in [7, 11) is 0. The van der Waals surface area contributed by atoms with Gasteiger partial charge in [0.05, 0.1) is 15.1 Å². The fourth-order valence-electron chi connectivity index (χ4n) is 0.963. The highest BCUT2D eigenvalue weighted by Gasteiger charge is 2.10. The van der Waals surface area contributed by atoms with Crippen LogP contribution in [0.4, 0.5) is 4.79 Å². The average Bonchev–Trinajstić information content (AvgIpc) is 2.12. The summed E-state index contributed by atoms with van der Waals surface area (Å²) in [6.45, 7) is 3.64. The average molecular weight is 283 g/mol. The summed E-state index contributed by atoms with van der Waals surface area (Å²) in [5, 5.41) is 3.28. The summed E-state index contributed by atoms with van der Waals surface area (Å²) in [4.78, 5) is 11.3. The Morgan fingerprint density at radius 1 is 1.25 bits per heavy atom. The van der Waals surface area contributed by atoms with E-state index < -0.39 is 6.09 Å². The molecule has 0 heterocycles. The van der Waals surface area contributed by atoms with Crippen LogP contribution in [0.5, 0.6) is 5.75 Å². The largest absolute Gasteiger partial charge is 0.412 e. The van der Waals surface area contributed by atoms with Gasteiger partial charge in [-0.25, -0.2) is 4.79 Å². The van der Waals surface area contributed by atoms with Crippen LogP contribution in [0, 0.1) is 0 Å². The van der Waals surface area contributed by atoms with E-state index in [9.17, 15) is 4.79 Å². The van der Waals surface area contributed by atoms with Crippen molar-refractivity contribution < 1.29 is 9.53 Å². The molecule has 1 rings (SSSR count). The first kappa shape index (κ1) is 13.4. The molecule has 0 aromatic heterocycles. The normalized spacial score (nSPS) is 10.4. The lowest BCUT2D eigenvalue weighted by Gasteiger charge is -2.10. The van der Waals surface area contributed by atoms with Crippen LogP contribution in [0.2, 0.25) is 15.1 Å². The van der Waals surface area contributed by atoms with Crippen molar-refractivity contribution in [2.24, 2.45) is 0 Å². The maximum atomic E-state index is 11.3. The number of hydrogen-bond acceptors (Lipinski definition) is 2. The standard InChI is InChI=1S/C10H10Cl3NO2/c1-5(2)14-10(15)16-6-3-7(11)9(13)8(12)4-6/h3-5H,1-2H3,(H,14,15). The van der Waals surface area contributed by atoms with Gasteiger partial charge in [0, 0.05) is 18.2 Å². The van der Waals surface area contributed by atoms with Crippen molar-refractivity contribution in [1.29, 1.82) is 0 Å². The van der Waals surface area contributed by atoms with Crippen molar-refractivity contribution in [1.82, 2.24) is 5.32 Å². The Hall–Kier alpha value is -0.640. The van der Waals surface area contributed by atoms with Crippen LogP contribution in [0.25, 0.3) is 0 Å². The minimum Gasteiger partial charge on any atom is -0.410 e. The lowest BCUT2D eigenvalue weighted by Crippen LogP contribution is -2.32. The third kappa shape index (κ3) is 3.74. The topological polar surface area (TPSA) is 38.3 Å². The van der Waals surface area contributed by atoms with Gasteiger partial charge in [0.1, 0.15) is 5.75 Å². The summed E-state index contributed by atoms with van der Waals surface area (Å²) in [6.07, 6.45) is -0.565. The molecule has 1 amide bonds. The molecule has 1 aromatic rings. The van der Waals surface area contributed by atoms with Crippen molar-refractivity contribution >= 4 is 40.9 Å². The Bertz CT molecular complexity index is 384. The molecule has 6 heteroatoms. The highest BCUT2D eigenvalue weighted by molar-refractivity contribution is 6.48. The highest BCUT2D eigenvalue weighted by atomic mass is 35.5. The zero-order valence-corrected chi connectivity index (χ0v) is 11.0. The van der Waals surface area contributed by atoms with Crippen LogP contribution in [-0.2, 0) is 0 Å². The Balaban J connectivity index is 2.79. The van der Waals surface area contributed by atoms with Gasteiger partial charge in [0.15, 0.2) is 0 Å². The molecule has 0 atom stereocenters. The molecular formula is C10H10Cl3NO2. The zero-order valence-electron chi connectivity index (χ0n) is 8.68. The van der Waals surface area contributed by atoms with Gasteiger partial charge < -0.3 is 10.1 Å². The fraction of sp³-hybridized carbons (Fsp3) is 0.300. The summed E-state index contributed by atoms with van der Waals surface area (Å²) >= 11 is 17.3. The molecule has 1 N–H and O–H groups in total.